The maximum atomic E-state index is 6.08. The topological polar surface area (TPSA) is 63.7 Å². The van der Waals surface area contributed by atoms with Gasteiger partial charge in [0, 0.05) is 17.3 Å². The summed E-state index contributed by atoms with van der Waals surface area (Å²) >= 11 is 1.62. The van der Waals surface area contributed by atoms with E-state index in [0.717, 1.165) is 16.4 Å². The Balaban J connectivity index is 2.02. The number of hydrogen-bond acceptors (Lipinski definition) is 6. The maximum absolute atomic E-state index is 6.08. The van der Waals surface area contributed by atoms with Gasteiger partial charge in [-0.2, -0.15) is 0 Å². The first-order chi connectivity index (χ1) is 9.65. The average molecular weight is 288 g/mol. The van der Waals surface area contributed by atoms with Crippen molar-refractivity contribution in [1.82, 2.24) is 4.98 Å². The Morgan fingerprint density at radius 1 is 1.35 bits per heavy atom. The van der Waals surface area contributed by atoms with E-state index in [1.54, 1.807) is 18.4 Å². The summed E-state index contributed by atoms with van der Waals surface area (Å²) in [7, 11) is 1.65. The molecule has 1 aromatic heterocycles. The number of anilines is 1. The summed E-state index contributed by atoms with van der Waals surface area (Å²) < 4.78 is 5.19. The van der Waals surface area contributed by atoms with Gasteiger partial charge in [0.25, 0.3) is 0 Å². The van der Waals surface area contributed by atoms with Crippen LogP contribution in [0, 0.1) is 0 Å². The van der Waals surface area contributed by atoms with Crippen molar-refractivity contribution >= 4 is 23.0 Å². The van der Waals surface area contributed by atoms with Gasteiger partial charge in [0.1, 0.15) is 16.3 Å². The number of benzene rings is 1. The first-order valence-corrected chi connectivity index (χ1v) is 7.17. The molecule has 0 saturated heterocycles. The molecule has 0 aliphatic carbocycles. The Bertz CT molecular complexity index is 623. The molecule has 1 aliphatic heterocycles. The lowest BCUT2D eigenvalue weighted by molar-refractivity contribution is 0.414. The average Bonchev–Trinajstić information content (AvgIpc) is 3.09. The highest BCUT2D eigenvalue weighted by molar-refractivity contribution is 7.09. The van der Waals surface area contributed by atoms with Crippen LogP contribution in [-0.4, -0.2) is 24.6 Å². The van der Waals surface area contributed by atoms with Gasteiger partial charge in [-0.05, 0) is 31.2 Å². The number of aliphatic imine (C=N–C) groups is 1. The second-order valence-corrected chi connectivity index (χ2v) is 5.71. The van der Waals surface area contributed by atoms with Gasteiger partial charge in [0.15, 0.2) is 5.96 Å². The van der Waals surface area contributed by atoms with E-state index < -0.39 is 0 Å². The van der Waals surface area contributed by atoms with E-state index in [-0.39, 0.29) is 5.54 Å². The van der Waals surface area contributed by atoms with Gasteiger partial charge >= 0.3 is 0 Å². The van der Waals surface area contributed by atoms with Crippen LogP contribution in [0.15, 0.2) is 40.8 Å². The second-order valence-electron chi connectivity index (χ2n) is 4.82. The molecule has 104 valence electrons. The SMILES string of the molecule is COc1ccc(N2C(N)=NCC2(C)c2nccs2)cc1. The highest BCUT2D eigenvalue weighted by atomic mass is 32.1. The third-order valence-electron chi connectivity index (χ3n) is 3.50. The summed E-state index contributed by atoms with van der Waals surface area (Å²) in [5.41, 5.74) is 6.75. The Morgan fingerprint density at radius 3 is 2.70 bits per heavy atom. The van der Waals surface area contributed by atoms with Crippen LogP contribution in [0.1, 0.15) is 11.9 Å². The van der Waals surface area contributed by atoms with Crippen molar-refractivity contribution in [3.05, 3.63) is 40.8 Å². The normalized spacial score (nSPS) is 21.9. The van der Waals surface area contributed by atoms with Crippen LogP contribution in [0.3, 0.4) is 0 Å². The number of thiazole rings is 1. The fourth-order valence-corrected chi connectivity index (χ4v) is 3.21. The van der Waals surface area contributed by atoms with Crippen LogP contribution in [0.2, 0.25) is 0 Å². The molecule has 0 radical (unpaired) electrons. The van der Waals surface area contributed by atoms with Crippen LogP contribution >= 0.6 is 11.3 Å². The summed E-state index contributed by atoms with van der Waals surface area (Å²) in [6.45, 7) is 2.72. The number of nitrogens with two attached hydrogens (primary N) is 1. The summed E-state index contributed by atoms with van der Waals surface area (Å²) in [5.74, 6) is 1.34. The van der Waals surface area contributed by atoms with E-state index in [4.69, 9.17) is 10.5 Å². The lowest BCUT2D eigenvalue weighted by Gasteiger charge is -2.34. The molecule has 5 nitrogen and oxygen atoms in total. The van der Waals surface area contributed by atoms with E-state index >= 15 is 0 Å². The lowest BCUT2D eigenvalue weighted by atomic mass is 10.0. The molecule has 2 N–H and O–H groups in total. The van der Waals surface area contributed by atoms with Gasteiger partial charge in [-0.15, -0.1) is 11.3 Å². The van der Waals surface area contributed by atoms with Crippen molar-refractivity contribution in [3.8, 4) is 5.75 Å². The van der Waals surface area contributed by atoms with E-state index in [9.17, 15) is 0 Å². The molecule has 1 aromatic carbocycles. The second kappa shape index (κ2) is 4.79. The molecule has 1 atom stereocenters. The zero-order chi connectivity index (χ0) is 14.2. The smallest absolute Gasteiger partial charge is 0.196 e. The molecule has 0 amide bonds. The molecule has 0 bridgehead atoms. The largest absolute Gasteiger partial charge is 0.497 e. The third kappa shape index (κ3) is 1.92. The van der Waals surface area contributed by atoms with Crippen molar-refractivity contribution in [2.75, 3.05) is 18.6 Å². The van der Waals surface area contributed by atoms with Crippen LogP contribution in [0.25, 0.3) is 0 Å². The van der Waals surface area contributed by atoms with Crippen molar-refractivity contribution in [1.29, 1.82) is 0 Å². The molecule has 0 spiro atoms. The maximum Gasteiger partial charge on any atom is 0.196 e. The summed E-state index contributed by atoms with van der Waals surface area (Å²) in [4.78, 5) is 10.9. The number of guanidine groups is 1. The zero-order valence-corrected chi connectivity index (χ0v) is 12.2. The Hall–Kier alpha value is -2.08. The van der Waals surface area contributed by atoms with E-state index in [1.807, 2.05) is 40.7 Å². The highest BCUT2D eigenvalue weighted by Crippen LogP contribution is 2.37. The zero-order valence-electron chi connectivity index (χ0n) is 11.4. The van der Waals surface area contributed by atoms with Gasteiger partial charge in [0.05, 0.1) is 13.7 Å². The van der Waals surface area contributed by atoms with Crippen molar-refractivity contribution < 1.29 is 4.74 Å². The molecule has 20 heavy (non-hydrogen) atoms. The quantitative estimate of drug-likeness (QED) is 0.940. The predicted molar refractivity (Wildman–Crippen MR) is 81.4 cm³/mol. The molecule has 2 heterocycles. The van der Waals surface area contributed by atoms with E-state index in [0.29, 0.717) is 12.5 Å². The number of rotatable bonds is 3. The molecule has 2 aromatic rings. The van der Waals surface area contributed by atoms with Gasteiger partial charge < -0.3 is 10.5 Å². The first kappa shape index (κ1) is 12.9. The summed E-state index contributed by atoms with van der Waals surface area (Å²) in [6.07, 6.45) is 1.81. The Labute approximate surface area is 121 Å². The first-order valence-electron chi connectivity index (χ1n) is 6.29. The van der Waals surface area contributed by atoms with Gasteiger partial charge in [0.2, 0.25) is 0 Å². The highest BCUT2D eigenvalue weighted by Gasteiger charge is 2.42. The minimum atomic E-state index is -0.327. The molecule has 1 unspecified atom stereocenters. The molecule has 0 fully saturated rings. The fourth-order valence-electron chi connectivity index (χ4n) is 2.43. The van der Waals surface area contributed by atoms with Crippen LogP contribution in [0.5, 0.6) is 5.75 Å². The van der Waals surface area contributed by atoms with Crippen molar-refractivity contribution in [2.45, 2.75) is 12.5 Å². The Kier molecular flexibility index (Phi) is 3.10. The molecule has 3 rings (SSSR count). The van der Waals surface area contributed by atoms with Gasteiger partial charge in [-0.3, -0.25) is 9.89 Å². The van der Waals surface area contributed by atoms with Crippen LogP contribution < -0.4 is 15.4 Å². The standard InChI is InChI=1S/C14H16N4OS/c1-14(12-16-7-8-20-12)9-17-13(15)18(14)10-3-5-11(19-2)6-4-10/h3-8H,9H2,1-2H3,(H2,15,17). The number of nitrogens with zero attached hydrogens (tertiary/aromatic N) is 3. The summed E-state index contributed by atoms with van der Waals surface area (Å²) in [6, 6.07) is 7.81. The van der Waals surface area contributed by atoms with Crippen LogP contribution in [0.4, 0.5) is 5.69 Å². The van der Waals surface area contributed by atoms with Crippen LogP contribution in [-0.2, 0) is 5.54 Å². The minimum absolute atomic E-state index is 0.327. The number of methoxy groups -OCH3 is 1. The molecule has 0 saturated carbocycles. The molecular formula is C14H16N4OS. The predicted octanol–water partition coefficient (Wildman–Crippen LogP) is 2.20. The number of hydrogen-bond donors (Lipinski definition) is 1. The third-order valence-corrected chi connectivity index (χ3v) is 4.52. The van der Waals surface area contributed by atoms with Crippen molar-refractivity contribution in [2.24, 2.45) is 10.7 Å². The monoisotopic (exact) mass is 288 g/mol. The van der Waals surface area contributed by atoms with E-state index in [2.05, 4.69) is 16.9 Å². The molecular weight excluding hydrogens is 272 g/mol. The fraction of sp³-hybridized carbons (Fsp3) is 0.286. The Morgan fingerprint density at radius 2 is 2.10 bits per heavy atom. The minimum Gasteiger partial charge on any atom is -0.497 e. The number of ether oxygens (including phenoxy) is 1. The van der Waals surface area contributed by atoms with E-state index in [1.165, 1.54) is 0 Å². The number of aromatic nitrogens is 1. The molecule has 6 heteroatoms. The van der Waals surface area contributed by atoms with Gasteiger partial charge in [-0.25, -0.2) is 4.98 Å². The van der Waals surface area contributed by atoms with Gasteiger partial charge in [-0.1, -0.05) is 0 Å². The molecule has 1 aliphatic rings. The van der Waals surface area contributed by atoms with Crippen molar-refractivity contribution in [3.63, 3.8) is 0 Å². The summed E-state index contributed by atoms with van der Waals surface area (Å²) in [5, 5.41) is 2.99. The lowest BCUT2D eigenvalue weighted by Crippen LogP contribution is -2.47.